The Hall–Kier alpha value is -2.37. The predicted octanol–water partition coefficient (Wildman–Crippen LogP) is 3.39. The van der Waals surface area contributed by atoms with Crippen molar-refractivity contribution in [1.29, 1.82) is 0 Å². The highest BCUT2D eigenvalue weighted by atomic mass is 19.4. The van der Waals surface area contributed by atoms with Crippen LogP contribution >= 0.6 is 0 Å². The van der Waals surface area contributed by atoms with Gasteiger partial charge in [0.05, 0.1) is 17.7 Å². The summed E-state index contributed by atoms with van der Waals surface area (Å²) in [6.45, 7) is 0. The molecule has 3 nitrogen and oxygen atoms in total. The van der Waals surface area contributed by atoms with Crippen LogP contribution in [0.2, 0.25) is 0 Å². The molecule has 0 saturated heterocycles. The lowest BCUT2D eigenvalue weighted by atomic mass is 9.97. The van der Waals surface area contributed by atoms with E-state index in [9.17, 15) is 18.0 Å². The first-order valence-corrected chi connectivity index (χ1v) is 5.72. The molecule has 20 heavy (non-hydrogen) atoms. The maximum absolute atomic E-state index is 13.0. The maximum atomic E-state index is 13.0. The third-order valence-corrected chi connectivity index (χ3v) is 2.73. The van der Waals surface area contributed by atoms with Crippen molar-refractivity contribution >= 4 is 5.97 Å². The summed E-state index contributed by atoms with van der Waals surface area (Å²) in [6, 6.07) is 7.96. The van der Waals surface area contributed by atoms with Crippen LogP contribution in [-0.2, 0) is 17.4 Å². The number of hydrogen-bond donors (Lipinski definition) is 1. The summed E-state index contributed by atoms with van der Waals surface area (Å²) in [7, 11) is 0. The molecular weight excluding hydrogens is 271 g/mol. The minimum absolute atomic E-state index is 0.0654. The van der Waals surface area contributed by atoms with Gasteiger partial charge in [-0.15, -0.1) is 0 Å². The fraction of sp³-hybridized carbons (Fsp3) is 0.143. The number of rotatable bonds is 3. The highest BCUT2D eigenvalue weighted by Crippen LogP contribution is 2.37. The van der Waals surface area contributed by atoms with Gasteiger partial charge >= 0.3 is 12.1 Å². The van der Waals surface area contributed by atoms with Gasteiger partial charge in [0.2, 0.25) is 0 Å². The van der Waals surface area contributed by atoms with Crippen LogP contribution < -0.4 is 0 Å². The van der Waals surface area contributed by atoms with Gasteiger partial charge in [-0.3, -0.25) is 9.78 Å². The molecule has 1 aromatic carbocycles. The second-order valence-corrected chi connectivity index (χ2v) is 4.11. The summed E-state index contributed by atoms with van der Waals surface area (Å²) >= 11 is 0. The molecule has 0 unspecified atom stereocenters. The average molecular weight is 281 g/mol. The summed E-state index contributed by atoms with van der Waals surface area (Å²) < 4.78 is 39.0. The SMILES string of the molecule is O=C(O)Cc1ncccc1-c1ccccc1C(F)(F)F. The number of alkyl halides is 3. The van der Waals surface area contributed by atoms with E-state index in [1.807, 2.05) is 0 Å². The van der Waals surface area contributed by atoms with Crippen LogP contribution in [0.4, 0.5) is 13.2 Å². The molecule has 0 fully saturated rings. The van der Waals surface area contributed by atoms with Crippen molar-refractivity contribution in [1.82, 2.24) is 4.98 Å². The number of carboxylic acids is 1. The Bertz CT molecular complexity index is 638. The van der Waals surface area contributed by atoms with E-state index in [0.717, 1.165) is 6.07 Å². The van der Waals surface area contributed by atoms with Gasteiger partial charge in [-0.1, -0.05) is 24.3 Å². The van der Waals surface area contributed by atoms with E-state index in [1.165, 1.54) is 36.5 Å². The lowest BCUT2D eigenvalue weighted by molar-refractivity contribution is -0.137. The van der Waals surface area contributed by atoms with E-state index in [1.54, 1.807) is 0 Å². The van der Waals surface area contributed by atoms with E-state index < -0.39 is 24.1 Å². The topological polar surface area (TPSA) is 50.2 Å². The number of halogens is 3. The standard InChI is InChI=1S/C14H10F3NO2/c15-14(16,17)11-6-2-1-4-9(11)10-5-3-7-18-12(10)8-13(19)20/h1-7H,8H2,(H,19,20). The lowest BCUT2D eigenvalue weighted by Gasteiger charge is -2.14. The van der Waals surface area contributed by atoms with E-state index in [0.29, 0.717) is 0 Å². The van der Waals surface area contributed by atoms with Crippen LogP contribution in [0.5, 0.6) is 0 Å². The summed E-state index contributed by atoms with van der Waals surface area (Å²) in [5.41, 5.74) is -0.580. The van der Waals surface area contributed by atoms with Gasteiger partial charge in [0.25, 0.3) is 0 Å². The molecule has 0 bridgehead atoms. The maximum Gasteiger partial charge on any atom is 0.417 e. The van der Waals surface area contributed by atoms with Crippen molar-refractivity contribution in [2.24, 2.45) is 0 Å². The number of nitrogens with zero attached hydrogens (tertiary/aromatic N) is 1. The van der Waals surface area contributed by atoms with Gasteiger partial charge < -0.3 is 5.11 Å². The first kappa shape index (κ1) is 14.0. The number of benzene rings is 1. The Balaban J connectivity index is 2.61. The molecule has 104 valence electrons. The Kier molecular flexibility index (Phi) is 3.74. The van der Waals surface area contributed by atoms with Gasteiger partial charge in [0.15, 0.2) is 0 Å². The number of carboxylic acid groups (broad SMARTS) is 1. The number of pyridine rings is 1. The zero-order chi connectivity index (χ0) is 14.8. The van der Waals surface area contributed by atoms with Gasteiger partial charge in [0, 0.05) is 11.8 Å². The molecule has 2 aromatic rings. The van der Waals surface area contributed by atoms with Crippen LogP contribution in [-0.4, -0.2) is 16.1 Å². The van der Waals surface area contributed by atoms with Gasteiger partial charge in [-0.25, -0.2) is 0 Å². The zero-order valence-electron chi connectivity index (χ0n) is 10.2. The van der Waals surface area contributed by atoms with Crippen molar-refractivity contribution in [3.05, 3.63) is 53.9 Å². The fourth-order valence-electron chi connectivity index (χ4n) is 1.93. The molecule has 2 rings (SSSR count). The van der Waals surface area contributed by atoms with Crippen LogP contribution in [0.15, 0.2) is 42.6 Å². The van der Waals surface area contributed by atoms with Crippen molar-refractivity contribution in [2.75, 3.05) is 0 Å². The van der Waals surface area contributed by atoms with Crippen molar-refractivity contribution in [2.45, 2.75) is 12.6 Å². The molecule has 0 aliphatic carbocycles. The molecule has 0 radical (unpaired) electrons. The first-order chi connectivity index (χ1) is 9.39. The van der Waals surface area contributed by atoms with E-state index in [-0.39, 0.29) is 16.8 Å². The fourth-order valence-corrected chi connectivity index (χ4v) is 1.93. The molecule has 1 aromatic heterocycles. The molecule has 0 aliphatic rings. The minimum atomic E-state index is -4.51. The lowest BCUT2D eigenvalue weighted by Crippen LogP contribution is -2.09. The van der Waals surface area contributed by atoms with Crippen LogP contribution in [0.1, 0.15) is 11.3 Å². The highest BCUT2D eigenvalue weighted by molar-refractivity contribution is 5.76. The second kappa shape index (κ2) is 5.32. The van der Waals surface area contributed by atoms with Crippen LogP contribution in [0.3, 0.4) is 0 Å². The second-order valence-electron chi connectivity index (χ2n) is 4.11. The van der Waals surface area contributed by atoms with E-state index >= 15 is 0 Å². The van der Waals surface area contributed by atoms with Crippen LogP contribution in [0.25, 0.3) is 11.1 Å². The predicted molar refractivity (Wildman–Crippen MR) is 66.0 cm³/mol. The normalized spacial score (nSPS) is 11.3. The van der Waals surface area contributed by atoms with E-state index in [4.69, 9.17) is 5.11 Å². The third-order valence-electron chi connectivity index (χ3n) is 2.73. The first-order valence-electron chi connectivity index (χ1n) is 5.72. The zero-order valence-corrected chi connectivity index (χ0v) is 10.2. The van der Waals surface area contributed by atoms with Gasteiger partial charge in [-0.05, 0) is 17.7 Å². The third kappa shape index (κ3) is 2.96. The summed E-state index contributed by atoms with van der Waals surface area (Å²) in [5.74, 6) is -1.14. The summed E-state index contributed by atoms with van der Waals surface area (Å²) in [6.07, 6.45) is -3.58. The average Bonchev–Trinajstić information content (AvgIpc) is 2.38. The number of carbonyl (C=O) groups is 1. The quantitative estimate of drug-likeness (QED) is 0.938. The van der Waals surface area contributed by atoms with E-state index in [2.05, 4.69) is 4.98 Å². The Morgan fingerprint density at radius 1 is 1.10 bits per heavy atom. The summed E-state index contributed by atoms with van der Waals surface area (Å²) in [5, 5.41) is 8.81. The molecule has 0 saturated carbocycles. The molecule has 6 heteroatoms. The molecule has 0 atom stereocenters. The molecule has 0 amide bonds. The number of aromatic nitrogens is 1. The Morgan fingerprint density at radius 3 is 2.40 bits per heavy atom. The molecule has 0 spiro atoms. The van der Waals surface area contributed by atoms with Gasteiger partial charge in [-0.2, -0.15) is 13.2 Å². The Labute approximate surface area is 112 Å². The molecule has 1 heterocycles. The largest absolute Gasteiger partial charge is 0.481 e. The number of hydrogen-bond acceptors (Lipinski definition) is 2. The molecule has 0 aliphatic heterocycles. The van der Waals surface area contributed by atoms with Crippen molar-refractivity contribution in [3.8, 4) is 11.1 Å². The van der Waals surface area contributed by atoms with Crippen molar-refractivity contribution in [3.63, 3.8) is 0 Å². The van der Waals surface area contributed by atoms with Crippen LogP contribution in [0, 0.1) is 0 Å². The van der Waals surface area contributed by atoms with Gasteiger partial charge in [0.1, 0.15) is 0 Å². The monoisotopic (exact) mass is 281 g/mol. The summed E-state index contributed by atoms with van der Waals surface area (Å²) in [4.78, 5) is 14.6. The smallest absolute Gasteiger partial charge is 0.417 e. The highest BCUT2D eigenvalue weighted by Gasteiger charge is 2.33. The molecule has 1 N–H and O–H groups in total. The molecular formula is C14H10F3NO2. The van der Waals surface area contributed by atoms with Crippen molar-refractivity contribution < 1.29 is 23.1 Å². The Morgan fingerprint density at radius 2 is 1.75 bits per heavy atom. The minimum Gasteiger partial charge on any atom is -0.481 e. The number of aliphatic carboxylic acids is 1.